The number of hydrazone groups is 1. The minimum atomic E-state index is -1.36. The van der Waals surface area contributed by atoms with Gasteiger partial charge in [0.2, 0.25) is 0 Å². The van der Waals surface area contributed by atoms with Crippen molar-refractivity contribution in [2.45, 2.75) is 19.6 Å². The number of hydrogen-bond donors (Lipinski definition) is 1. The van der Waals surface area contributed by atoms with Gasteiger partial charge in [-0.25, -0.2) is 9.59 Å². The van der Waals surface area contributed by atoms with Crippen molar-refractivity contribution in [1.82, 2.24) is 0 Å². The quantitative estimate of drug-likeness (QED) is 0.537. The number of ketones is 2. The van der Waals surface area contributed by atoms with Gasteiger partial charge in [-0.15, -0.1) is 0 Å². The number of ether oxygens (including phenoxy) is 2. The number of fused-ring (bicyclic) bond motifs is 2. The monoisotopic (exact) mass is 378 g/mol. The van der Waals surface area contributed by atoms with E-state index in [-0.39, 0.29) is 22.7 Å². The van der Waals surface area contributed by atoms with Crippen molar-refractivity contribution >= 4 is 34.9 Å². The van der Waals surface area contributed by atoms with Crippen LogP contribution >= 0.6 is 0 Å². The highest BCUT2D eigenvalue weighted by Crippen LogP contribution is 2.29. The molecular weight excluding hydrogens is 364 g/mol. The number of carbonyl (C=O) groups is 4. The number of anilines is 1. The van der Waals surface area contributed by atoms with Crippen molar-refractivity contribution in [1.29, 1.82) is 0 Å². The van der Waals surface area contributed by atoms with Gasteiger partial charge in [0, 0.05) is 36.1 Å². The molecule has 1 aliphatic heterocycles. The predicted octanol–water partition coefficient (Wildman–Crippen LogP) is 2.07. The van der Waals surface area contributed by atoms with Crippen LogP contribution in [0.4, 0.5) is 5.69 Å². The minimum absolute atomic E-state index is 0.212. The summed E-state index contributed by atoms with van der Waals surface area (Å²) in [6.07, 6.45) is 0. The van der Waals surface area contributed by atoms with E-state index in [2.05, 4.69) is 10.5 Å². The highest BCUT2D eigenvalue weighted by Gasteiger charge is 2.40. The summed E-state index contributed by atoms with van der Waals surface area (Å²) in [7, 11) is 0. The van der Waals surface area contributed by atoms with Gasteiger partial charge in [-0.2, -0.15) is 5.10 Å². The van der Waals surface area contributed by atoms with Crippen LogP contribution in [-0.2, 0) is 19.1 Å². The maximum Gasteiger partial charge on any atom is 0.369 e. The standard InChI is InChI=1S/C20H14N2O6/c1-20(2)27-18(25)15(19(26)28-20)22-21-10-7-8-13-14(9-10)17(24)12-6-4-3-5-11(12)16(13)23/h3-9,21H,1-2H3. The van der Waals surface area contributed by atoms with Crippen LogP contribution in [0.25, 0.3) is 0 Å². The molecule has 0 bridgehead atoms. The van der Waals surface area contributed by atoms with E-state index >= 15 is 0 Å². The van der Waals surface area contributed by atoms with Gasteiger partial charge in [0.15, 0.2) is 11.6 Å². The maximum absolute atomic E-state index is 12.7. The molecule has 0 saturated carbocycles. The lowest BCUT2D eigenvalue weighted by Crippen LogP contribution is -2.47. The molecular formula is C20H14N2O6. The van der Waals surface area contributed by atoms with Crippen LogP contribution in [0.1, 0.15) is 45.7 Å². The Hall–Kier alpha value is -3.81. The normalized spacial score (nSPS) is 17.3. The Kier molecular flexibility index (Phi) is 3.85. The van der Waals surface area contributed by atoms with Gasteiger partial charge in [0.25, 0.3) is 11.5 Å². The Bertz CT molecular complexity index is 1080. The smallest absolute Gasteiger partial charge is 0.369 e. The first-order valence-corrected chi connectivity index (χ1v) is 8.40. The molecule has 0 spiro atoms. The van der Waals surface area contributed by atoms with Crippen LogP contribution in [-0.4, -0.2) is 35.0 Å². The van der Waals surface area contributed by atoms with Crippen LogP contribution in [0.5, 0.6) is 0 Å². The molecule has 8 heteroatoms. The Morgan fingerprint density at radius 3 is 1.93 bits per heavy atom. The summed E-state index contributed by atoms with van der Waals surface area (Å²) >= 11 is 0. The van der Waals surface area contributed by atoms with Gasteiger partial charge >= 0.3 is 11.9 Å². The Labute approximate surface area is 159 Å². The van der Waals surface area contributed by atoms with Crippen molar-refractivity contribution in [3.63, 3.8) is 0 Å². The first kappa shape index (κ1) is 17.6. The van der Waals surface area contributed by atoms with Crippen molar-refractivity contribution in [2.24, 2.45) is 5.10 Å². The first-order chi connectivity index (χ1) is 13.3. The molecule has 2 aliphatic rings. The lowest BCUT2D eigenvalue weighted by atomic mass is 9.84. The molecule has 1 heterocycles. The van der Waals surface area contributed by atoms with Gasteiger partial charge in [-0.05, 0) is 18.2 Å². The zero-order chi connectivity index (χ0) is 20.1. The number of nitrogens with one attached hydrogen (secondary N) is 1. The molecule has 1 N–H and O–H groups in total. The highest BCUT2D eigenvalue weighted by molar-refractivity contribution is 6.63. The molecule has 4 rings (SSSR count). The molecule has 0 radical (unpaired) electrons. The maximum atomic E-state index is 12.7. The summed E-state index contributed by atoms with van der Waals surface area (Å²) < 4.78 is 9.91. The molecule has 28 heavy (non-hydrogen) atoms. The molecule has 2 aromatic carbocycles. The first-order valence-electron chi connectivity index (χ1n) is 8.40. The molecule has 0 aromatic heterocycles. The van der Waals surface area contributed by atoms with E-state index < -0.39 is 23.4 Å². The topological polar surface area (TPSA) is 111 Å². The van der Waals surface area contributed by atoms with Gasteiger partial charge in [0.1, 0.15) is 0 Å². The van der Waals surface area contributed by atoms with Crippen LogP contribution in [0, 0.1) is 0 Å². The van der Waals surface area contributed by atoms with Crippen LogP contribution in [0.15, 0.2) is 47.6 Å². The van der Waals surface area contributed by atoms with Gasteiger partial charge in [-0.1, -0.05) is 24.3 Å². The predicted molar refractivity (Wildman–Crippen MR) is 97.1 cm³/mol. The fourth-order valence-electron chi connectivity index (χ4n) is 3.03. The van der Waals surface area contributed by atoms with Crippen LogP contribution in [0.3, 0.4) is 0 Å². The van der Waals surface area contributed by atoms with Crippen molar-refractivity contribution < 1.29 is 28.7 Å². The Morgan fingerprint density at radius 1 is 0.786 bits per heavy atom. The van der Waals surface area contributed by atoms with E-state index in [1.54, 1.807) is 24.3 Å². The van der Waals surface area contributed by atoms with E-state index in [0.717, 1.165) is 0 Å². The molecule has 8 nitrogen and oxygen atoms in total. The summed E-state index contributed by atoms with van der Waals surface area (Å²) in [6, 6.07) is 11.0. The zero-order valence-electron chi connectivity index (χ0n) is 14.9. The lowest BCUT2D eigenvalue weighted by Gasteiger charge is -2.28. The SMILES string of the molecule is CC1(C)OC(=O)C(=NNc2ccc3c(c2)C(=O)c2ccccc2C3=O)C(=O)O1. The lowest BCUT2D eigenvalue weighted by molar-refractivity contribution is -0.214. The average molecular weight is 378 g/mol. The highest BCUT2D eigenvalue weighted by atomic mass is 16.7. The van der Waals surface area contributed by atoms with E-state index in [1.165, 1.54) is 32.0 Å². The summed E-state index contributed by atoms with van der Waals surface area (Å²) in [5.41, 5.74) is 3.47. The van der Waals surface area contributed by atoms with Crippen molar-refractivity contribution in [3.05, 3.63) is 64.7 Å². The third kappa shape index (κ3) is 2.84. The second-order valence-electron chi connectivity index (χ2n) is 6.72. The molecule has 140 valence electrons. The van der Waals surface area contributed by atoms with E-state index in [9.17, 15) is 19.2 Å². The van der Waals surface area contributed by atoms with Gasteiger partial charge < -0.3 is 9.47 Å². The van der Waals surface area contributed by atoms with Gasteiger partial charge in [-0.3, -0.25) is 15.0 Å². The molecule has 1 saturated heterocycles. The number of rotatable bonds is 2. The molecule has 0 atom stereocenters. The Morgan fingerprint density at radius 2 is 1.32 bits per heavy atom. The molecule has 2 aromatic rings. The van der Waals surface area contributed by atoms with E-state index in [4.69, 9.17) is 9.47 Å². The largest absolute Gasteiger partial charge is 0.418 e. The van der Waals surface area contributed by atoms with E-state index in [1.807, 2.05) is 0 Å². The summed E-state index contributed by atoms with van der Waals surface area (Å²) in [5, 5.41) is 3.74. The molecule has 0 unspecified atom stereocenters. The second-order valence-corrected chi connectivity index (χ2v) is 6.72. The van der Waals surface area contributed by atoms with Crippen LogP contribution in [0.2, 0.25) is 0 Å². The van der Waals surface area contributed by atoms with E-state index in [0.29, 0.717) is 16.8 Å². The molecule has 0 amide bonds. The Balaban J connectivity index is 1.64. The molecule has 1 fully saturated rings. The van der Waals surface area contributed by atoms with Crippen molar-refractivity contribution in [3.8, 4) is 0 Å². The number of hydrogen-bond acceptors (Lipinski definition) is 8. The number of benzene rings is 2. The summed E-state index contributed by atoms with van der Waals surface area (Å²) in [6.45, 7) is 2.86. The number of cyclic esters (lactones) is 2. The summed E-state index contributed by atoms with van der Waals surface area (Å²) in [5.74, 6) is -3.75. The summed E-state index contributed by atoms with van der Waals surface area (Å²) in [4.78, 5) is 49.1. The third-order valence-electron chi connectivity index (χ3n) is 4.29. The number of nitrogens with zero attached hydrogens (tertiary/aromatic N) is 1. The second kappa shape index (κ2) is 6.12. The average Bonchev–Trinajstić information content (AvgIpc) is 2.64. The fraction of sp³-hybridized carbons (Fsp3) is 0.150. The van der Waals surface area contributed by atoms with Crippen molar-refractivity contribution in [2.75, 3.05) is 5.43 Å². The fourth-order valence-corrected chi connectivity index (χ4v) is 3.03. The van der Waals surface area contributed by atoms with Crippen LogP contribution < -0.4 is 5.43 Å². The minimum Gasteiger partial charge on any atom is -0.418 e. The molecule has 1 aliphatic carbocycles. The zero-order valence-corrected chi connectivity index (χ0v) is 14.9. The third-order valence-corrected chi connectivity index (χ3v) is 4.29. The number of carbonyl (C=O) groups excluding carboxylic acids is 4. The van der Waals surface area contributed by atoms with Gasteiger partial charge in [0.05, 0.1) is 5.69 Å². The number of esters is 2.